The molecule has 1 aliphatic rings. The molecule has 1 aromatic carbocycles. The van der Waals surface area contributed by atoms with E-state index in [1.807, 2.05) is 39.1 Å². The monoisotopic (exact) mass is 376 g/mol. The van der Waals surface area contributed by atoms with E-state index >= 15 is 0 Å². The number of hydrogen-bond donors (Lipinski definition) is 1. The SMILES string of the molecule is CCNC(=O)N(C)C1(c2nnnn2-c2ccc(C)c(Cl)c2)CCCCC1. The number of rotatable bonds is 4. The second kappa shape index (κ2) is 7.61. The molecule has 0 aliphatic heterocycles. The van der Waals surface area contributed by atoms with Crippen LogP contribution in [0.1, 0.15) is 50.4 Å². The highest BCUT2D eigenvalue weighted by molar-refractivity contribution is 6.31. The van der Waals surface area contributed by atoms with Crippen molar-refractivity contribution >= 4 is 17.6 Å². The Kier molecular flexibility index (Phi) is 5.46. The molecule has 0 unspecified atom stereocenters. The number of hydrogen-bond acceptors (Lipinski definition) is 4. The van der Waals surface area contributed by atoms with E-state index in [4.69, 9.17) is 11.6 Å². The van der Waals surface area contributed by atoms with Crippen LogP contribution in [0.3, 0.4) is 0 Å². The van der Waals surface area contributed by atoms with Crippen LogP contribution in [0.25, 0.3) is 5.69 Å². The Bertz CT molecular complexity index is 784. The third kappa shape index (κ3) is 3.28. The number of aryl methyl sites for hydroxylation is 1. The minimum absolute atomic E-state index is 0.106. The van der Waals surface area contributed by atoms with Crippen LogP contribution in [0.5, 0.6) is 0 Å². The number of halogens is 1. The predicted molar refractivity (Wildman–Crippen MR) is 100 cm³/mol. The minimum Gasteiger partial charge on any atom is -0.338 e. The second-order valence-corrected chi connectivity index (χ2v) is 7.24. The summed E-state index contributed by atoms with van der Waals surface area (Å²) in [7, 11) is 1.83. The molecule has 2 amide bonds. The van der Waals surface area contributed by atoms with Crippen LogP contribution in [-0.4, -0.2) is 44.7 Å². The van der Waals surface area contributed by atoms with Crippen LogP contribution in [0.15, 0.2) is 18.2 Å². The Morgan fingerprint density at radius 3 is 2.73 bits per heavy atom. The fourth-order valence-electron chi connectivity index (χ4n) is 3.67. The summed E-state index contributed by atoms with van der Waals surface area (Å²) in [5, 5.41) is 16.0. The van der Waals surface area contributed by atoms with E-state index in [1.165, 1.54) is 0 Å². The molecular formula is C18H25ClN6O. The van der Waals surface area contributed by atoms with Crippen molar-refractivity contribution in [3.05, 3.63) is 34.6 Å². The number of urea groups is 1. The molecule has 8 heteroatoms. The topological polar surface area (TPSA) is 75.9 Å². The van der Waals surface area contributed by atoms with E-state index in [-0.39, 0.29) is 6.03 Å². The van der Waals surface area contributed by atoms with Gasteiger partial charge in [0.1, 0.15) is 5.54 Å². The molecule has 0 spiro atoms. The van der Waals surface area contributed by atoms with Gasteiger partial charge in [-0.05, 0) is 54.8 Å². The maximum atomic E-state index is 12.6. The molecular weight excluding hydrogens is 352 g/mol. The first-order valence-electron chi connectivity index (χ1n) is 9.06. The van der Waals surface area contributed by atoms with Crippen LogP contribution in [-0.2, 0) is 5.54 Å². The molecule has 1 N–H and O–H groups in total. The van der Waals surface area contributed by atoms with Crippen molar-refractivity contribution in [1.29, 1.82) is 0 Å². The zero-order chi connectivity index (χ0) is 18.7. The van der Waals surface area contributed by atoms with Gasteiger partial charge < -0.3 is 10.2 Å². The van der Waals surface area contributed by atoms with E-state index in [0.717, 1.165) is 43.4 Å². The standard InChI is InChI=1S/C18H25ClN6O/c1-4-20-17(26)24(3)18(10-6-5-7-11-18)16-21-22-23-25(16)14-9-8-13(2)15(19)12-14/h8-9,12H,4-7,10-11H2,1-3H3,(H,20,26). The van der Waals surface area contributed by atoms with Gasteiger partial charge in [0.15, 0.2) is 5.82 Å². The summed E-state index contributed by atoms with van der Waals surface area (Å²) >= 11 is 6.30. The molecule has 1 aromatic heterocycles. The summed E-state index contributed by atoms with van der Waals surface area (Å²) in [6, 6.07) is 5.65. The largest absolute Gasteiger partial charge is 0.338 e. The van der Waals surface area contributed by atoms with Crippen molar-refractivity contribution in [2.75, 3.05) is 13.6 Å². The summed E-state index contributed by atoms with van der Waals surface area (Å²) in [4.78, 5) is 14.4. The van der Waals surface area contributed by atoms with Crippen LogP contribution in [0.4, 0.5) is 4.79 Å². The molecule has 0 saturated heterocycles. The summed E-state index contributed by atoms with van der Waals surface area (Å²) in [5.41, 5.74) is 1.27. The van der Waals surface area contributed by atoms with Crippen molar-refractivity contribution in [2.24, 2.45) is 0 Å². The maximum absolute atomic E-state index is 12.6. The molecule has 0 bridgehead atoms. The summed E-state index contributed by atoms with van der Waals surface area (Å²) in [6.45, 7) is 4.45. The zero-order valence-corrected chi connectivity index (χ0v) is 16.3. The normalized spacial score (nSPS) is 16.3. The Hall–Kier alpha value is -2.15. The lowest BCUT2D eigenvalue weighted by atomic mass is 9.79. The number of aromatic nitrogens is 4. The molecule has 1 fully saturated rings. The second-order valence-electron chi connectivity index (χ2n) is 6.83. The number of nitrogens with zero attached hydrogens (tertiary/aromatic N) is 5. The Balaban J connectivity index is 2.07. The smallest absolute Gasteiger partial charge is 0.317 e. The molecule has 3 rings (SSSR count). The van der Waals surface area contributed by atoms with Gasteiger partial charge in [-0.25, -0.2) is 4.79 Å². The van der Waals surface area contributed by atoms with Crippen molar-refractivity contribution in [2.45, 2.75) is 51.5 Å². The number of nitrogens with one attached hydrogen (secondary N) is 1. The van der Waals surface area contributed by atoms with Gasteiger partial charge in [0.2, 0.25) is 0 Å². The van der Waals surface area contributed by atoms with Gasteiger partial charge in [-0.1, -0.05) is 36.9 Å². The van der Waals surface area contributed by atoms with E-state index in [0.29, 0.717) is 17.4 Å². The number of carbonyl (C=O) groups is 1. The third-order valence-electron chi connectivity index (χ3n) is 5.24. The van der Waals surface area contributed by atoms with Gasteiger partial charge in [-0.3, -0.25) is 0 Å². The highest BCUT2D eigenvalue weighted by Crippen LogP contribution is 2.41. The fourth-order valence-corrected chi connectivity index (χ4v) is 3.85. The molecule has 1 heterocycles. The molecule has 7 nitrogen and oxygen atoms in total. The van der Waals surface area contributed by atoms with Gasteiger partial charge in [0.25, 0.3) is 0 Å². The van der Waals surface area contributed by atoms with Crippen molar-refractivity contribution in [3.63, 3.8) is 0 Å². The van der Waals surface area contributed by atoms with Crippen molar-refractivity contribution in [3.8, 4) is 5.69 Å². The summed E-state index contributed by atoms with van der Waals surface area (Å²) in [6.07, 6.45) is 4.89. The van der Waals surface area contributed by atoms with E-state index in [2.05, 4.69) is 20.8 Å². The lowest BCUT2D eigenvalue weighted by Gasteiger charge is -2.43. The zero-order valence-electron chi connectivity index (χ0n) is 15.5. The highest BCUT2D eigenvalue weighted by Gasteiger charge is 2.44. The summed E-state index contributed by atoms with van der Waals surface area (Å²) < 4.78 is 1.71. The van der Waals surface area contributed by atoms with E-state index in [1.54, 1.807) is 9.58 Å². The quantitative estimate of drug-likeness (QED) is 0.886. The molecule has 26 heavy (non-hydrogen) atoms. The van der Waals surface area contributed by atoms with Crippen LogP contribution < -0.4 is 5.32 Å². The van der Waals surface area contributed by atoms with Gasteiger partial charge in [0, 0.05) is 18.6 Å². The Labute approximate surface area is 158 Å². The Morgan fingerprint density at radius 1 is 1.35 bits per heavy atom. The predicted octanol–water partition coefficient (Wildman–Crippen LogP) is 3.44. The molecule has 1 aliphatic carbocycles. The first-order chi connectivity index (χ1) is 12.5. The fraction of sp³-hybridized carbons (Fsp3) is 0.556. The van der Waals surface area contributed by atoms with Gasteiger partial charge >= 0.3 is 6.03 Å². The molecule has 2 aromatic rings. The van der Waals surface area contributed by atoms with E-state index < -0.39 is 5.54 Å². The number of benzene rings is 1. The van der Waals surface area contributed by atoms with Gasteiger partial charge in [-0.2, -0.15) is 4.68 Å². The average Bonchev–Trinajstić information content (AvgIpc) is 3.14. The maximum Gasteiger partial charge on any atom is 0.317 e. The van der Waals surface area contributed by atoms with Crippen LogP contribution >= 0.6 is 11.6 Å². The van der Waals surface area contributed by atoms with Crippen molar-refractivity contribution in [1.82, 2.24) is 30.4 Å². The van der Waals surface area contributed by atoms with Crippen LogP contribution in [0, 0.1) is 6.92 Å². The Morgan fingerprint density at radius 2 is 2.08 bits per heavy atom. The third-order valence-corrected chi connectivity index (χ3v) is 5.65. The van der Waals surface area contributed by atoms with E-state index in [9.17, 15) is 4.79 Å². The van der Waals surface area contributed by atoms with Gasteiger partial charge in [0.05, 0.1) is 5.69 Å². The number of carbonyl (C=O) groups excluding carboxylic acids is 1. The highest BCUT2D eigenvalue weighted by atomic mass is 35.5. The molecule has 140 valence electrons. The number of amides is 2. The first kappa shape index (κ1) is 18.6. The molecule has 1 saturated carbocycles. The lowest BCUT2D eigenvalue weighted by Crippen LogP contribution is -2.53. The minimum atomic E-state index is -0.529. The molecule has 0 atom stereocenters. The first-order valence-corrected chi connectivity index (χ1v) is 9.44. The summed E-state index contributed by atoms with van der Waals surface area (Å²) in [5.74, 6) is 0.686. The van der Waals surface area contributed by atoms with Gasteiger partial charge in [-0.15, -0.1) is 5.10 Å². The number of tetrazole rings is 1. The van der Waals surface area contributed by atoms with Crippen LogP contribution in [0.2, 0.25) is 5.02 Å². The molecule has 0 radical (unpaired) electrons. The lowest BCUT2D eigenvalue weighted by molar-refractivity contribution is 0.0866. The van der Waals surface area contributed by atoms with Crippen molar-refractivity contribution < 1.29 is 4.79 Å². The average molecular weight is 377 g/mol.